The van der Waals surface area contributed by atoms with Gasteiger partial charge < -0.3 is 19.9 Å². The molecule has 0 aliphatic carbocycles. The Labute approximate surface area is 106 Å². The molecular formula is C13H29N3O. The molecule has 17 heavy (non-hydrogen) atoms. The smallest absolute Gasteiger partial charge is 0.0593 e. The van der Waals surface area contributed by atoms with Gasteiger partial charge in [0.1, 0.15) is 0 Å². The fourth-order valence-corrected chi connectivity index (χ4v) is 2.16. The number of likely N-dealkylation sites (N-methyl/N-ethyl adjacent to an activating group) is 2. The van der Waals surface area contributed by atoms with Crippen LogP contribution in [0.15, 0.2) is 0 Å². The number of ether oxygens (including phenoxy) is 1. The summed E-state index contributed by atoms with van der Waals surface area (Å²) in [6, 6.07) is 0.727. The van der Waals surface area contributed by atoms with Crippen LogP contribution in [-0.4, -0.2) is 76.4 Å². The average Bonchev–Trinajstić information content (AvgIpc) is 2.30. The normalized spacial score (nSPS) is 22.2. The van der Waals surface area contributed by atoms with Crippen molar-refractivity contribution in [3.05, 3.63) is 0 Å². The van der Waals surface area contributed by atoms with E-state index < -0.39 is 0 Å². The Hall–Kier alpha value is -0.160. The van der Waals surface area contributed by atoms with Crippen molar-refractivity contribution in [1.82, 2.24) is 15.1 Å². The van der Waals surface area contributed by atoms with E-state index in [1.807, 2.05) is 0 Å². The van der Waals surface area contributed by atoms with E-state index in [4.69, 9.17) is 4.74 Å². The van der Waals surface area contributed by atoms with Gasteiger partial charge in [0.25, 0.3) is 0 Å². The van der Waals surface area contributed by atoms with Crippen molar-refractivity contribution in [2.24, 2.45) is 0 Å². The van der Waals surface area contributed by atoms with Crippen LogP contribution in [0.3, 0.4) is 0 Å². The van der Waals surface area contributed by atoms with Crippen LogP contribution in [0.2, 0.25) is 0 Å². The monoisotopic (exact) mass is 243 g/mol. The topological polar surface area (TPSA) is 27.7 Å². The molecule has 0 bridgehead atoms. The highest BCUT2D eigenvalue weighted by molar-refractivity contribution is 4.75. The fraction of sp³-hybridized carbons (Fsp3) is 1.00. The van der Waals surface area contributed by atoms with Crippen LogP contribution in [0.1, 0.15) is 19.3 Å². The van der Waals surface area contributed by atoms with Gasteiger partial charge in [0.15, 0.2) is 0 Å². The van der Waals surface area contributed by atoms with Gasteiger partial charge >= 0.3 is 0 Å². The van der Waals surface area contributed by atoms with Crippen molar-refractivity contribution in [3.63, 3.8) is 0 Å². The highest BCUT2D eigenvalue weighted by atomic mass is 16.5. The van der Waals surface area contributed by atoms with Gasteiger partial charge in [0.2, 0.25) is 0 Å². The number of nitrogens with zero attached hydrogens (tertiary/aromatic N) is 2. The molecule has 1 fully saturated rings. The van der Waals surface area contributed by atoms with E-state index in [1.165, 1.54) is 25.8 Å². The van der Waals surface area contributed by atoms with Crippen molar-refractivity contribution < 1.29 is 4.74 Å². The molecule has 1 N–H and O–H groups in total. The minimum absolute atomic E-state index is 0.727. The second kappa shape index (κ2) is 8.86. The van der Waals surface area contributed by atoms with Crippen molar-refractivity contribution in [1.29, 1.82) is 0 Å². The summed E-state index contributed by atoms with van der Waals surface area (Å²) >= 11 is 0. The molecule has 0 amide bonds. The van der Waals surface area contributed by atoms with Crippen LogP contribution in [0, 0.1) is 0 Å². The van der Waals surface area contributed by atoms with Crippen molar-refractivity contribution in [2.75, 3.05) is 60.5 Å². The van der Waals surface area contributed by atoms with Gasteiger partial charge in [0, 0.05) is 25.7 Å². The van der Waals surface area contributed by atoms with Crippen molar-refractivity contribution >= 4 is 0 Å². The van der Waals surface area contributed by atoms with Crippen molar-refractivity contribution in [3.8, 4) is 0 Å². The van der Waals surface area contributed by atoms with Crippen LogP contribution in [0.4, 0.5) is 0 Å². The predicted octanol–water partition coefficient (Wildman–Crippen LogP) is 0.639. The maximum absolute atomic E-state index is 5.54. The highest BCUT2D eigenvalue weighted by Gasteiger charge is 2.17. The summed E-state index contributed by atoms with van der Waals surface area (Å²) in [4.78, 5) is 4.62. The summed E-state index contributed by atoms with van der Waals surface area (Å²) in [6.07, 6.45) is 4.08. The molecule has 1 atom stereocenters. The second-order valence-corrected chi connectivity index (χ2v) is 5.25. The average molecular weight is 243 g/mol. The molecule has 0 aromatic carbocycles. The predicted molar refractivity (Wildman–Crippen MR) is 72.5 cm³/mol. The van der Waals surface area contributed by atoms with E-state index in [0.29, 0.717) is 0 Å². The number of hydrogen-bond acceptors (Lipinski definition) is 4. The van der Waals surface area contributed by atoms with Crippen LogP contribution < -0.4 is 5.32 Å². The first-order valence-electron chi connectivity index (χ1n) is 6.83. The summed E-state index contributed by atoms with van der Waals surface area (Å²) < 4.78 is 5.54. The lowest BCUT2D eigenvalue weighted by atomic mass is 10.0. The summed E-state index contributed by atoms with van der Waals surface area (Å²) in [5, 5.41) is 3.49. The van der Waals surface area contributed by atoms with E-state index >= 15 is 0 Å². The molecule has 0 aromatic heterocycles. The van der Waals surface area contributed by atoms with Gasteiger partial charge in [-0.2, -0.15) is 0 Å². The molecule has 1 heterocycles. The Morgan fingerprint density at radius 2 is 2.12 bits per heavy atom. The third-order valence-electron chi connectivity index (χ3n) is 3.41. The lowest BCUT2D eigenvalue weighted by Gasteiger charge is -2.32. The molecule has 1 aliphatic heterocycles. The Morgan fingerprint density at radius 1 is 1.29 bits per heavy atom. The third-order valence-corrected chi connectivity index (χ3v) is 3.41. The molecule has 1 aliphatic rings. The van der Waals surface area contributed by atoms with E-state index in [-0.39, 0.29) is 0 Å². The lowest BCUT2D eigenvalue weighted by molar-refractivity contribution is 0.115. The third kappa shape index (κ3) is 6.99. The Bertz CT molecular complexity index is 188. The summed E-state index contributed by atoms with van der Waals surface area (Å²) in [6.45, 7) is 5.99. The van der Waals surface area contributed by atoms with Gasteiger partial charge in [-0.1, -0.05) is 6.42 Å². The van der Waals surface area contributed by atoms with Crippen LogP contribution in [0.5, 0.6) is 0 Å². The first kappa shape index (κ1) is 14.9. The number of nitrogens with one attached hydrogen (secondary N) is 1. The minimum Gasteiger partial charge on any atom is -0.379 e. The first-order chi connectivity index (χ1) is 8.20. The molecule has 0 spiro atoms. The molecule has 0 aromatic rings. The van der Waals surface area contributed by atoms with Crippen LogP contribution in [0.25, 0.3) is 0 Å². The molecule has 4 nitrogen and oxygen atoms in total. The maximum Gasteiger partial charge on any atom is 0.0593 e. The van der Waals surface area contributed by atoms with Gasteiger partial charge in [-0.3, -0.25) is 0 Å². The van der Waals surface area contributed by atoms with E-state index in [2.05, 4.69) is 36.3 Å². The molecule has 1 unspecified atom stereocenters. The zero-order valence-electron chi connectivity index (χ0n) is 11.7. The SMILES string of the molecule is CN(C)CCOCCNCC1CCCCN1C. The van der Waals surface area contributed by atoms with Gasteiger partial charge in [-0.05, 0) is 40.5 Å². The molecule has 1 saturated heterocycles. The number of likely N-dealkylation sites (tertiary alicyclic amines) is 1. The zero-order valence-corrected chi connectivity index (χ0v) is 11.7. The molecule has 4 heteroatoms. The molecular weight excluding hydrogens is 214 g/mol. The van der Waals surface area contributed by atoms with Gasteiger partial charge in [-0.15, -0.1) is 0 Å². The van der Waals surface area contributed by atoms with Gasteiger partial charge in [-0.25, -0.2) is 0 Å². The Balaban J connectivity index is 1.89. The number of piperidine rings is 1. The quantitative estimate of drug-likeness (QED) is 0.633. The van der Waals surface area contributed by atoms with Gasteiger partial charge in [0.05, 0.1) is 13.2 Å². The molecule has 102 valence electrons. The Morgan fingerprint density at radius 3 is 2.82 bits per heavy atom. The maximum atomic E-state index is 5.54. The second-order valence-electron chi connectivity index (χ2n) is 5.25. The fourth-order valence-electron chi connectivity index (χ4n) is 2.16. The zero-order chi connectivity index (χ0) is 12.5. The summed E-state index contributed by atoms with van der Waals surface area (Å²) in [7, 11) is 6.38. The number of hydrogen-bond donors (Lipinski definition) is 1. The highest BCUT2D eigenvalue weighted by Crippen LogP contribution is 2.13. The first-order valence-corrected chi connectivity index (χ1v) is 6.83. The Kier molecular flexibility index (Phi) is 7.77. The standard InChI is InChI=1S/C13H29N3O/c1-15(2)9-11-17-10-7-14-12-13-6-4-5-8-16(13)3/h13-14H,4-12H2,1-3H3. The van der Waals surface area contributed by atoms with Crippen LogP contribution >= 0.6 is 0 Å². The number of rotatable bonds is 8. The molecule has 1 rings (SSSR count). The lowest BCUT2D eigenvalue weighted by Crippen LogP contribution is -2.43. The minimum atomic E-state index is 0.727. The largest absolute Gasteiger partial charge is 0.379 e. The van der Waals surface area contributed by atoms with E-state index in [9.17, 15) is 0 Å². The van der Waals surface area contributed by atoms with Crippen molar-refractivity contribution in [2.45, 2.75) is 25.3 Å². The summed E-state index contributed by atoms with van der Waals surface area (Å²) in [5.41, 5.74) is 0. The molecule has 0 saturated carbocycles. The van der Waals surface area contributed by atoms with E-state index in [1.54, 1.807) is 0 Å². The van der Waals surface area contributed by atoms with E-state index in [0.717, 1.165) is 38.9 Å². The van der Waals surface area contributed by atoms with Crippen LogP contribution in [-0.2, 0) is 4.74 Å². The summed E-state index contributed by atoms with van der Waals surface area (Å²) in [5.74, 6) is 0. The molecule has 0 radical (unpaired) electrons.